The molecule has 138 valence electrons. The molecule has 0 saturated carbocycles. The zero-order chi connectivity index (χ0) is 18.9. The fraction of sp³-hybridized carbons (Fsp3) is 0.300. The molecule has 0 fully saturated rings. The van der Waals surface area contributed by atoms with Gasteiger partial charge in [0.05, 0.1) is 19.3 Å². The number of amides is 1. The predicted molar refractivity (Wildman–Crippen MR) is 98.7 cm³/mol. The summed E-state index contributed by atoms with van der Waals surface area (Å²) in [5, 5.41) is 2.75. The number of anilines is 1. The van der Waals surface area contributed by atoms with Crippen LogP contribution in [0.5, 0.6) is 11.5 Å². The lowest BCUT2D eigenvalue weighted by Gasteiger charge is -2.15. The highest BCUT2D eigenvalue weighted by Gasteiger charge is 2.15. The minimum atomic E-state index is -0.683. The van der Waals surface area contributed by atoms with Crippen LogP contribution in [-0.4, -0.2) is 31.7 Å². The van der Waals surface area contributed by atoms with Gasteiger partial charge in [-0.25, -0.2) is 4.79 Å². The second-order valence-electron chi connectivity index (χ2n) is 5.64. The molecular formula is C20H23NO5. The molecule has 0 saturated heterocycles. The Bertz CT molecular complexity index is 725. The summed E-state index contributed by atoms with van der Waals surface area (Å²) in [6.07, 6.45) is 0.0870. The van der Waals surface area contributed by atoms with Crippen molar-refractivity contribution >= 4 is 17.6 Å². The first-order chi connectivity index (χ1) is 12.5. The number of esters is 1. The van der Waals surface area contributed by atoms with Gasteiger partial charge in [-0.05, 0) is 61.9 Å². The summed E-state index contributed by atoms with van der Waals surface area (Å²) in [4.78, 5) is 24.0. The molecule has 1 N–H and O–H groups in total. The van der Waals surface area contributed by atoms with Crippen molar-refractivity contribution in [3.05, 3.63) is 54.1 Å². The lowest BCUT2D eigenvalue weighted by Crippen LogP contribution is -2.30. The number of methoxy groups -OCH3 is 1. The molecule has 0 aromatic heterocycles. The average Bonchev–Trinajstić information content (AvgIpc) is 2.67. The van der Waals surface area contributed by atoms with Crippen LogP contribution in [0.15, 0.2) is 48.5 Å². The van der Waals surface area contributed by atoms with Crippen molar-refractivity contribution in [2.75, 3.05) is 19.0 Å². The van der Waals surface area contributed by atoms with Crippen molar-refractivity contribution in [1.29, 1.82) is 0 Å². The van der Waals surface area contributed by atoms with E-state index in [0.29, 0.717) is 29.4 Å². The zero-order valence-electron chi connectivity index (χ0n) is 15.2. The topological polar surface area (TPSA) is 73.9 Å². The Morgan fingerprint density at radius 3 is 2.19 bits per heavy atom. The summed E-state index contributed by atoms with van der Waals surface area (Å²) >= 11 is 0. The van der Waals surface area contributed by atoms with Crippen LogP contribution in [0.1, 0.15) is 30.6 Å². The Labute approximate surface area is 153 Å². The van der Waals surface area contributed by atoms with Crippen molar-refractivity contribution in [2.24, 2.45) is 0 Å². The van der Waals surface area contributed by atoms with Crippen LogP contribution >= 0.6 is 0 Å². The van der Waals surface area contributed by atoms with Gasteiger partial charge >= 0.3 is 5.97 Å². The van der Waals surface area contributed by atoms with Gasteiger partial charge in [0.15, 0.2) is 6.10 Å². The number of benzene rings is 2. The Balaban J connectivity index is 1.90. The smallest absolute Gasteiger partial charge is 0.338 e. The van der Waals surface area contributed by atoms with Crippen LogP contribution in [0.4, 0.5) is 5.69 Å². The van der Waals surface area contributed by atoms with E-state index in [-0.39, 0.29) is 11.9 Å². The number of hydrogen-bond donors (Lipinski definition) is 1. The van der Waals surface area contributed by atoms with Crippen LogP contribution in [0, 0.1) is 0 Å². The van der Waals surface area contributed by atoms with Crippen molar-refractivity contribution in [2.45, 2.75) is 26.4 Å². The summed E-state index contributed by atoms with van der Waals surface area (Å²) in [5.74, 6) is 0.623. The number of hydrogen-bond acceptors (Lipinski definition) is 5. The third-order valence-corrected chi connectivity index (χ3v) is 3.57. The maximum absolute atomic E-state index is 12.2. The normalized spacial score (nSPS) is 11.3. The monoisotopic (exact) mass is 357 g/mol. The zero-order valence-corrected chi connectivity index (χ0v) is 15.2. The highest BCUT2D eigenvalue weighted by molar-refractivity contribution is 5.95. The SMILES string of the molecule is CCCOC(=O)c1ccc(NC(=O)C(C)Oc2ccc(OC)cc2)cc1. The Morgan fingerprint density at radius 2 is 1.62 bits per heavy atom. The van der Waals surface area contributed by atoms with Gasteiger partial charge in [0, 0.05) is 5.69 Å². The summed E-state index contributed by atoms with van der Waals surface area (Å²) < 4.78 is 15.8. The molecule has 2 rings (SSSR count). The van der Waals surface area contributed by atoms with Crippen LogP contribution in [-0.2, 0) is 9.53 Å². The van der Waals surface area contributed by atoms with Crippen LogP contribution in [0.25, 0.3) is 0 Å². The second-order valence-corrected chi connectivity index (χ2v) is 5.64. The molecule has 2 aromatic rings. The largest absolute Gasteiger partial charge is 0.497 e. The molecule has 0 aliphatic rings. The molecule has 0 aliphatic heterocycles. The molecule has 0 radical (unpaired) electrons. The Morgan fingerprint density at radius 1 is 1.00 bits per heavy atom. The van der Waals surface area contributed by atoms with E-state index in [0.717, 1.165) is 6.42 Å². The molecule has 2 aromatic carbocycles. The fourth-order valence-corrected chi connectivity index (χ4v) is 2.12. The molecule has 26 heavy (non-hydrogen) atoms. The number of ether oxygens (including phenoxy) is 3. The lowest BCUT2D eigenvalue weighted by molar-refractivity contribution is -0.122. The number of rotatable bonds is 8. The summed E-state index contributed by atoms with van der Waals surface area (Å²) in [7, 11) is 1.58. The summed E-state index contributed by atoms with van der Waals surface area (Å²) in [6.45, 7) is 3.98. The van der Waals surface area contributed by atoms with Gasteiger partial charge in [-0.2, -0.15) is 0 Å². The third kappa shape index (κ3) is 5.51. The maximum atomic E-state index is 12.2. The molecular weight excluding hydrogens is 334 g/mol. The molecule has 6 nitrogen and oxygen atoms in total. The molecule has 0 bridgehead atoms. The quantitative estimate of drug-likeness (QED) is 0.730. The summed E-state index contributed by atoms with van der Waals surface area (Å²) in [5.41, 5.74) is 1.02. The predicted octanol–water partition coefficient (Wildman–Crippen LogP) is 3.67. The average molecular weight is 357 g/mol. The van der Waals surface area contributed by atoms with E-state index >= 15 is 0 Å². The van der Waals surface area contributed by atoms with Gasteiger partial charge in [-0.15, -0.1) is 0 Å². The molecule has 1 atom stereocenters. The van der Waals surface area contributed by atoms with Crippen molar-refractivity contribution in [3.63, 3.8) is 0 Å². The Kier molecular flexibility index (Phi) is 7.02. The highest BCUT2D eigenvalue weighted by atomic mass is 16.5. The van der Waals surface area contributed by atoms with E-state index in [1.54, 1.807) is 62.6 Å². The molecule has 0 aliphatic carbocycles. The first kappa shape index (κ1) is 19.3. The van der Waals surface area contributed by atoms with E-state index in [2.05, 4.69) is 5.32 Å². The number of nitrogens with one attached hydrogen (secondary N) is 1. The molecule has 1 amide bonds. The Hall–Kier alpha value is -3.02. The number of carbonyl (C=O) groups excluding carboxylic acids is 2. The van der Waals surface area contributed by atoms with E-state index in [4.69, 9.17) is 14.2 Å². The first-order valence-electron chi connectivity index (χ1n) is 8.42. The van der Waals surface area contributed by atoms with Gasteiger partial charge in [-0.1, -0.05) is 6.92 Å². The highest BCUT2D eigenvalue weighted by Crippen LogP contribution is 2.19. The second kappa shape index (κ2) is 9.46. The van der Waals surface area contributed by atoms with Gasteiger partial charge < -0.3 is 19.5 Å². The van der Waals surface area contributed by atoms with Crippen LogP contribution < -0.4 is 14.8 Å². The standard InChI is InChI=1S/C20H23NO5/c1-4-13-25-20(23)15-5-7-16(8-6-15)21-19(22)14(2)26-18-11-9-17(24-3)10-12-18/h5-12,14H,4,13H2,1-3H3,(H,21,22). The van der Waals surface area contributed by atoms with Gasteiger partial charge in [0.25, 0.3) is 5.91 Å². The molecule has 1 unspecified atom stereocenters. The van der Waals surface area contributed by atoms with E-state index in [1.807, 2.05) is 6.92 Å². The molecule has 6 heteroatoms. The number of carbonyl (C=O) groups is 2. The maximum Gasteiger partial charge on any atom is 0.338 e. The molecule has 0 spiro atoms. The van der Waals surface area contributed by atoms with Gasteiger partial charge in [0.2, 0.25) is 0 Å². The van der Waals surface area contributed by atoms with Crippen molar-refractivity contribution in [1.82, 2.24) is 0 Å². The minimum Gasteiger partial charge on any atom is -0.497 e. The minimum absolute atomic E-state index is 0.290. The third-order valence-electron chi connectivity index (χ3n) is 3.57. The van der Waals surface area contributed by atoms with Gasteiger partial charge in [-0.3, -0.25) is 4.79 Å². The first-order valence-corrected chi connectivity index (χ1v) is 8.42. The lowest BCUT2D eigenvalue weighted by atomic mass is 10.2. The fourth-order valence-electron chi connectivity index (χ4n) is 2.12. The van der Waals surface area contributed by atoms with Crippen molar-refractivity contribution in [3.8, 4) is 11.5 Å². The van der Waals surface area contributed by atoms with Crippen molar-refractivity contribution < 1.29 is 23.8 Å². The van der Waals surface area contributed by atoms with E-state index in [1.165, 1.54) is 0 Å². The van der Waals surface area contributed by atoms with Crippen LogP contribution in [0.3, 0.4) is 0 Å². The van der Waals surface area contributed by atoms with Gasteiger partial charge in [0.1, 0.15) is 11.5 Å². The van der Waals surface area contributed by atoms with E-state index in [9.17, 15) is 9.59 Å². The van der Waals surface area contributed by atoms with Crippen LogP contribution in [0.2, 0.25) is 0 Å². The van der Waals surface area contributed by atoms with E-state index < -0.39 is 6.10 Å². The molecule has 0 heterocycles. The summed E-state index contributed by atoms with van der Waals surface area (Å²) in [6, 6.07) is 13.5.